The lowest BCUT2D eigenvalue weighted by Gasteiger charge is -2.22. The summed E-state index contributed by atoms with van der Waals surface area (Å²) in [5, 5.41) is 0. The maximum atomic E-state index is 5.73. The molecule has 1 rings (SSSR count). The Morgan fingerprint density at radius 1 is 1.12 bits per heavy atom. The Hall–Kier alpha value is -0.860. The van der Waals surface area contributed by atoms with Crippen LogP contribution < -0.4 is 11.5 Å². The van der Waals surface area contributed by atoms with Crippen molar-refractivity contribution in [2.45, 2.75) is 39.5 Å². The van der Waals surface area contributed by atoms with Crippen LogP contribution in [0.2, 0.25) is 0 Å². The van der Waals surface area contributed by atoms with Gasteiger partial charge in [-0.1, -0.05) is 39.0 Å². The quantitative estimate of drug-likeness (QED) is 0.840. The van der Waals surface area contributed by atoms with Crippen molar-refractivity contribution in [3.8, 4) is 0 Å². The summed E-state index contributed by atoms with van der Waals surface area (Å²) in [6.45, 7) is 10.2. The van der Waals surface area contributed by atoms with Crippen molar-refractivity contribution in [3.05, 3.63) is 34.9 Å². The van der Waals surface area contributed by atoms with E-state index in [0.29, 0.717) is 19.0 Å². The zero-order valence-electron chi connectivity index (χ0n) is 11.6. The molecule has 1 aromatic rings. The van der Waals surface area contributed by atoms with E-state index >= 15 is 0 Å². The summed E-state index contributed by atoms with van der Waals surface area (Å²) in [4.78, 5) is 0. The average Bonchev–Trinajstić information content (AvgIpc) is 2.26. The van der Waals surface area contributed by atoms with E-state index in [1.807, 2.05) is 0 Å². The van der Waals surface area contributed by atoms with Crippen LogP contribution in [0.3, 0.4) is 0 Å². The molecule has 0 fully saturated rings. The highest BCUT2D eigenvalue weighted by atomic mass is 14.6. The summed E-state index contributed by atoms with van der Waals surface area (Å²) in [5.74, 6) is 0.393. The summed E-state index contributed by atoms with van der Waals surface area (Å²) in [6.07, 6.45) is 0.989. The molecule has 0 saturated heterocycles. The summed E-state index contributed by atoms with van der Waals surface area (Å²) in [6, 6.07) is 6.74. The molecule has 0 heterocycles. The minimum atomic E-state index is 0.198. The van der Waals surface area contributed by atoms with E-state index in [2.05, 4.69) is 45.9 Å². The predicted molar refractivity (Wildman–Crippen MR) is 75.2 cm³/mol. The van der Waals surface area contributed by atoms with Crippen LogP contribution in [-0.4, -0.2) is 13.1 Å². The molecular formula is C15H26N2. The standard InChI is InChI=1S/C15H26N2/c1-11-5-6-14(15(2,3)4)8-13(11)7-12(9-16)10-17/h5-6,8,12H,7,9-10,16-17H2,1-4H3. The third kappa shape index (κ3) is 3.83. The smallest absolute Gasteiger partial charge is 0.00336 e. The van der Waals surface area contributed by atoms with Gasteiger partial charge in [0.2, 0.25) is 0 Å². The molecule has 2 heteroatoms. The Balaban J connectivity index is 2.98. The van der Waals surface area contributed by atoms with Crippen LogP contribution in [0, 0.1) is 12.8 Å². The topological polar surface area (TPSA) is 52.0 Å². The zero-order chi connectivity index (χ0) is 13.1. The van der Waals surface area contributed by atoms with E-state index in [-0.39, 0.29) is 5.41 Å². The number of aryl methyl sites for hydroxylation is 1. The third-order valence-corrected chi connectivity index (χ3v) is 3.39. The molecule has 0 aliphatic carbocycles. The summed E-state index contributed by atoms with van der Waals surface area (Å²) >= 11 is 0. The molecule has 17 heavy (non-hydrogen) atoms. The number of benzene rings is 1. The number of nitrogens with two attached hydrogens (primary N) is 2. The van der Waals surface area contributed by atoms with Gasteiger partial charge in [0.25, 0.3) is 0 Å². The Kier molecular flexibility index (Phi) is 4.72. The van der Waals surface area contributed by atoms with Gasteiger partial charge in [0.15, 0.2) is 0 Å². The zero-order valence-corrected chi connectivity index (χ0v) is 11.6. The van der Waals surface area contributed by atoms with Crippen molar-refractivity contribution in [2.24, 2.45) is 17.4 Å². The molecule has 0 spiro atoms. The van der Waals surface area contributed by atoms with Crippen LogP contribution in [0.1, 0.15) is 37.5 Å². The molecule has 0 saturated carbocycles. The average molecular weight is 234 g/mol. The molecule has 0 unspecified atom stereocenters. The fraction of sp³-hybridized carbons (Fsp3) is 0.600. The van der Waals surface area contributed by atoms with Gasteiger partial charge in [-0.05, 0) is 54.5 Å². The summed E-state index contributed by atoms with van der Waals surface area (Å²) in [7, 11) is 0. The van der Waals surface area contributed by atoms with Gasteiger partial charge in [-0.25, -0.2) is 0 Å². The maximum absolute atomic E-state index is 5.73. The highest BCUT2D eigenvalue weighted by Gasteiger charge is 2.15. The van der Waals surface area contributed by atoms with Crippen LogP contribution in [0.25, 0.3) is 0 Å². The lowest BCUT2D eigenvalue weighted by Crippen LogP contribution is -2.25. The van der Waals surface area contributed by atoms with Crippen molar-refractivity contribution in [1.82, 2.24) is 0 Å². The Bertz CT molecular complexity index is 360. The summed E-state index contributed by atoms with van der Waals surface area (Å²) in [5.41, 5.74) is 15.8. The van der Waals surface area contributed by atoms with E-state index in [1.54, 1.807) is 0 Å². The molecule has 0 aliphatic heterocycles. The molecule has 0 amide bonds. The van der Waals surface area contributed by atoms with Gasteiger partial charge >= 0.3 is 0 Å². The lowest BCUT2D eigenvalue weighted by molar-refractivity contribution is 0.543. The molecule has 96 valence electrons. The van der Waals surface area contributed by atoms with Crippen molar-refractivity contribution in [3.63, 3.8) is 0 Å². The molecule has 0 bridgehead atoms. The largest absolute Gasteiger partial charge is 0.330 e. The lowest BCUT2D eigenvalue weighted by atomic mass is 9.84. The van der Waals surface area contributed by atoms with Gasteiger partial charge in [-0.3, -0.25) is 0 Å². The van der Waals surface area contributed by atoms with E-state index < -0.39 is 0 Å². The van der Waals surface area contributed by atoms with Crippen LogP contribution in [0.15, 0.2) is 18.2 Å². The van der Waals surface area contributed by atoms with Gasteiger partial charge in [0.1, 0.15) is 0 Å². The predicted octanol–water partition coefficient (Wildman–Crippen LogP) is 2.37. The molecule has 1 aromatic carbocycles. The highest BCUT2D eigenvalue weighted by molar-refractivity contribution is 5.34. The Labute approximate surface area is 105 Å². The minimum Gasteiger partial charge on any atom is -0.330 e. The Morgan fingerprint density at radius 2 is 1.71 bits per heavy atom. The monoisotopic (exact) mass is 234 g/mol. The van der Waals surface area contributed by atoms with Crippen molar-refractivity contribution >= 4 is 0 Å². The van der Waals surface area contributed by atoms with E-state index in [1.165, 1.54) is 16.7 Å². The first-order valence-corrected chi connectivity index (χ1v) is 6.38. The van der Waals surface area contributed by atoms with E-state index in [0.717, 1.165) is 6.42 Å². The van der Waals surface area contributed by atoms with Crippen LogP contribution in [0.4, 0.5) is 0 Å². The molecular weight excluding hydrogens is 208 g/mol. The molecule has 0 aliphatic rings. The first kappa shape index (κ1) is 14.2. The molecule has 0 radical (unpaired) electrons. The molecule has 0 atom stereocenters. The van der Waals surface area contributed by atoms with E-state index in [4.69, 9.17) is 11.5 Å². The van der Waals surface area contributed by atoms with Gasteiger partial charge < -0.3 is 11.5 Å². The fourth-order valence-electron chi connectivity index (χ4n) is 1.93. The van der Waals surface area contributed by atoms with Gasteiger partial charge in [-0.2, -0.15) is 0 Å². The van der Waals surface area contributed by atoms with Crippen molar-refractivity contribution in [2.75, 3.05) is 13.1 Å². The van der Waals surface area contributed by atoms with Gasteiger partial charge in [-0.15, -0.1) is 0 Å². The molecule has 2 nitrogen and oxygen atoms in total. The van der Waals surface area contributed by atoms with Crippen molar-refractivity contribution < 1.29 is 0 Å². The first-order chi connectivity index (χ1) is 7.88. The number of rotatable bonds is 4. The van der Waals surface area contributed by atoms with Gasteiger partial charge in [0, 0.05) is 0 Å². The second kappa shape index (κ2) is 5.65. The van der Waals surface area contributed by atoms with Crippen LogP contribution >= 0.6 is 0 Å². The maximum Gasteiger partial charge on any atom is -0.00336 e. The third-order valence-electron chi connectivity index (χ3n) is 3.39. The second-order valence-corrected chi connectivity index (χ2v) is 5.93. The SMILES string of the molecule is Cc1ccc(C(C)(C)C)cc1CC(CN)CN. The van der Waals surface area contributed by atoms with E-state index in [9.17, 15) is 0 Å². The van der Waals surface area contributed by atoms with Crippen LogP contribution in [0.5, 0.6) is 0 Å². The molecule has 0 aromatic heterocycles. The minimum absolute atomic E-state index is 0.198. The van der Waals surface area contributed by atoms with Crippen LogP contribution in [-0.2, 0) is 11.8 Å². The second-order valence-electron chi connectivity index (χ2n) is 5.93. The summed E-state index contributed by atoms with van der Waals surface area (Å²) < 4.78 is 0. The van der Waals surface area contributed by atoms with Crippen molar-refractivity contribution in [1.29, 1.82) is 0 Å². The molecule has 4 N–H and O–H groups in total. The number of hydrogen-bond acceptors (Lipinski definition) is 2. The normalized spacial score (nSPS) is 12.2. The highest BCUT2D eigenvalue weighted by Crippen LogP contribution is 2.25. The van der Waals surface area contributed by atoms with Gasteiger partial charge in [0.05, 0.1) is 0 Å². The Morgan fingerprint density at radius 3 is 2.18 bits per heavy atom. The number of hydrogen-bond donors (Lipinski definition) is 2. The fourth-order valence-corrected chi connectivity index (χ4v) is 1.93. The first-order valence-electron chi connectivity index (χ1n) is 6.38.